The van der Waals surface area contributed by atoms with Crippen LogP contribution in [0.3, 0.4) is 0 Å². The van der Waals surface area contributed by atoms with Gasteiger partial charge < -0.3 is 10.4 Å². The molecule has 0 radical (unpaired) electrons. The summed E-state index contributed by atoms with van der Waals surface area (Å²) in [6.07, 6.45) is 0.0234. The van der Waals surface area contributed by atoms with Gasteiger partial charge in [0, 0.05) is 18.0 Å². The van der Waals surface area contributed by atoms with Crippen molar-refractivity contribution in [2.24, 2.45) is 0 Å². The van der Waals surface area contributed by atoms with Crippen LogP contribution in [0, 0.1) is 0 Å². The molecule has 2 N–H and O–H groups in total. The van der Waals surface area contributed by atoms with Crippen LogP contribution < -0.4 is 9.62 Å². The van der Waals surface area contributed by atoms with Gasteiger partial charge in [-0.2, -0.15) is 0 Å². The maximum atomic E-state index is 13.8. The number of anilines is 1. The van der Waals surface area contributed by atoms with Crippen molar-refractivity contribution < 1.29 is 23.1 Å². The lowest BCUT2D eigenvalue weighted by Crippen LogP contribution is -2.43. The SMILES string of the molecule is CCN(c1ccc(Cl)cc1C(=O)N[C@@H](Cc1ccc(-c2ccccc2)cc1)C(=O)O)S(=O)(=O)c1ccc(-c2ccccc2)cc1. The van der Waals surface area contributed by atoms with E-state index in [0.717, 1.165) is 26.6 Å². The number of aliphatic carboxylic acids is 1. The predicted octanol–water partition coefficient (Wildman–Crippen LogP) is 7.31. The summed E-state index contributed by atoms with van der Waals surface area (Å²) in [5.74, 6) is -1.98. The van der Waals surface area contributed by atoms with Crippen molar-refractivity contribution >= 4 is 39.2 Å². The summed E-state index contributed by atoms with van der Waals surface area (Å²) in [7, 11) is -4.10. The largest absolute Gasteiger partial charge is 0.480 e. The Kier molecular flexibility index (Phi) is 9.66. The van der Waals surface area contributed by atoms with Crippen molar-refractivity contribution in [3.05, 3.63) is 144 Å². The van der Waals surface area contributed by atoms with E-state index in [2.05, 4.69) is 5.32 Å². The number of hydrogen-bond acceptors (Lipinski definition) is 4. The van der Waals surface area contributed by atoms with Crippen LogP contribution in [0.4, 0.5) is 5.69 Å². The second-order valence-electron chi connectivity index (χ2n) is 10.4. The van der Waals surface area contributed by atoms with Crippen LogP contribution in [-0.2, 0) is 21.2 Å². The lowest BCUT2D eigenvalue weighted by atomic mass is 10.0. The Morgan fingerprint density at radius 3 is 1.78 bits per heavy atom. The molecule has 228 valence electrons. The third kappa shape index (κ3) is 7.25. The van der Waals surface area contributed by atoms with Gasteiger partial charge >= 0.3 is 5.97 Å². The van der Waals surface area contributed by atoms with E-state index in [4.69, 9.17) is 11.6 Å². The van der Waals surface area contributed by atoms with Crippen molar-refractivity contribution in [2.75, 3.05) is 10.8 Å². The average molecular weight is 639 g/mol. The van der Waals surface area contributed by atoms with Gasteiger partial charge in [0.05, 0.1) is 16.1 Å². The number of halogens is 1. The second-order valence-corrected chi connectivity index (χ2v) is 12.7. The number of amides is 1. The van der Waals surface area contributed by atoms with Gasteiger partial charge in [-0.1, -0.05) is 109 Å². The van der Waals surface area contributed by atoms with E-state index in [1.165, 1.54) is 30.3 Å². The Morgan fingerprint density at radius 1 is 0.756 bits per heavy atom. The first-order valence-electron chi connectivity index (χ1n) is 14.3. The zero-order chi connectivity index (χ0) is 32.0. The highest BCUT2D eigenvalue weighted by atomic mass is 35.5. The fourth-order valence-corrected chi connectivity index (χ4v) is 6.75. The highest BCUT2D eigenvalue weighted by Gasteiger charge is 2.29. The maximum Gasteiger partial charge on any atom is 0.326 e. The summed E-state index contributed by atoms with van der Waals surface area (Å²) in [6, 6.07) is 36.3. The molecule has 0 aliphatic carbocycles. The number of carbonyl (C=O) groups excluding carboxylic acids is 1. The molecule has 0 heterocycles. The van der Waals surface area contributed by atoms with Gasteiger partial charge in [-0.15, -0.1) is 0 Å². The van der Waals surface area contributed by atoms with Crippen molar-refractivity contribution in [3.63, 3.8) is 0 Å². The monoisotopic (exact) mass is 638 g/mol. The van der Waals surface area contributed by atoms with Crippen molar-refractivity contribution in [1.82, 2.24) is 5.32 Å². The second kappa shape index (κ2) is 13.8. The molecule has 0 unspecified atom stereocenters. The number of carboxylic acids is 1. The third-order valence-electron chi connectivity index (χ3n) is 7.41. The first-order valence-corrected chi connectivity index (χ1v) is 16.1. The van der Waals surface area contributed by atoms with Crippen LogP contribution in [0.2, 0.25) is 5.02 Å². The first-order chi connectivity index (χ1) is 21.7. The number of hydrogen-bond donors (Lipinski definition) is 2. The van der Waals surface area contributed by atoms with E-state index in [0.29, 0.717) is 5.56 Å². The maximum absolute atomic E-state index is 13.8. The number of nitrogens with zero attached hydrogens (tertiary/aromatic N) is 1. The lowest BCUT2D eigenvalue weighted by Gasteiger charge is -2.26. The number of carboxylic acid groups (broad SMARTS) is 1. The molecule has 1 amide bonds. The molecular formula is C36H31ClN2O5S. The lowest BCUT2D eigenvalue weighted by molar-refractivity contribution is -0.139. The van der Waals surface area contributed by atoms with Crippen molar-refractivity contribution in [1.29, 1.82) is 0 Å². The summed E-state index contributed by atoms with van der Waals surface area (Å²) in [6.45, 7) is 1.67. The Labute approximate surface area is 267 Å². The highest BCUT2D eigenvalue weighted by Crippen LogP contribution is 2.31. The van der Waals surface area contributed by atoms with Gasteiger partial charge in [-0.25, -0.2) is 13.2 Å². The molecule has 0 aliphatic rings. The molecule has 0 fully saturated rings. The molecular weight excluding hydrogens is 608 g/mol. The van der Waals surface area contributed by atoms with E-state index in [9.17, 15) is 23.1 Å². The highest BCUT2D eigenvalue weighted by molar-refractivity contribution is 7.92. The fraction of sp³-hybridized carbons (Fsp3) is 0.111. The number of nitrogens with one attached hydrogen (secondary N) is 1. The van der Waals surface area contributed by atoms with Gasteiger partial charge in [0.2, 0.25) is 0 Å². The zero-order valence-electron chi connectivity index (χ0n) is 24.4. The molecule has 0 aliphatic heterocycles. The summed E-state index contributed by atoms with van der Waals surface area (Å²) >= 11 is 6.25. The first kappa shape index (κ1) is 31.5. The van der Waals surface area contributed by atoms with E-state index in [1.54, 1.807) is 19.1 Å². The Bertz CT molecular complexity index is 1900. The normalized spacial score (nSPS) is 11.9. The topological polar surface area (TPSA) is 104 Å². The number of carbonyl (C=O) groups is 2. The van der Waals surface area contributed by atoms with Crippen molar-refractivity contribution in [2.45, 2.75) is 24.3 Å². The van der Waals surface area contributed by atoms with E-state index < -0.39 is 27.9 Å². The molecule has 0 spiro atoms. The fourth-order valence-electron chi connectivity index (χ4n) is 5.09. The van der Waals surface area contributed by atoms with Crippen LogP contribution in [0.5, 0.6) is 0 Å². The molecule has 1 atom stereocenters. The van der Waals surface area contributed by atoms with Crippen LogP contribution in [0.15, 0.2) is 132 Å². The van der Waals surface area contributed by atoms with Gasteiger partial charge in [-0.3, -0.25) is 9.10 Å². The minimum Gasteiger partial charge on any atom is -0.480 e. The summed E-state index contributed by atoms with van der Waals surface area (Å²) < 4.78 is 28.8. The van der Waals surface area contributed by atoms with Crippen LogP contribution in [0.1, 0.15) is 22.8 Å². The van der Waals surface area contributed by atoms with Gasteiger partial charge in [0.1, 0.15) is 6.04 Å². The molecule has 0 aromatic heterocycles. The van der Waals surface area contributed by atoms with Crippen molar-refractivity contribution in [3.8, 4) is 22.3 Å². The van der Waals surface area contributed by atoms with Crippen LogP contribution >= 0.6 is 11.6 Å². The molecule has 7 nitrogen and oxygen atoms in total. The van der Waals surface area contributed by atoms with E-state index >= 15 is 0 Å². The Hall–Kier alpha value is -4.92. The molecule has 5 aromatic rings. The molecule has 0 bridgehead atoms. The Balaban J connectivity index is 1.39. The summed E-state index contributed by atoms with van der Waals surface area (Å²) in [5.41, 5.74) is 4.56. The molecule has 0 saturated carbocycles. The van der Waals surface area contributed by atoms with Gasteiger partial charge in [0.25, 0.3) is 15.9 Å². The zero-order valence-corrected chi connectivity index (χ0v) is 26.0. The average Bonchev–Trinajstić information content (AvgIpc) is 3.06. The van der Waals surface area contributed by atoms with Gasteiger partial charge in [-0.05, 0) is 65.1 Å². The Morgan fingerprint density at radius 2 is 1.27 bits per heavy atom. The van der Waals surface area contributed by atoms with E-state index in [-0.39, 0.29) is 34.1 Å². The molecule has 45 heavy (non-hydrogen) atoms. The number of benzene rings is 5. The standard InChI is InChI=1S/C36H31ClN2O5S/c1-2-39(45(43,44)31-20-17-29(18-21-31)27-11-7-4-8-12-27)34-22-19-30(37)24-32(34)35(40)38-33(36(41)42)23-25-13-15-28(16-14-25)26-9-5-3-6-10-26/h3-22,24,33H,2,23H2,1H3,(H,38,40)(H,41,42)/t33-/m0/s1. The smallest absolute Gasteiger partial charge is 0.326 e. The quantitative estimate of drug-likeness (QED) is 0.158. The van der Waals surface area contributed by atoms with Crippen LogP contribution in [0.25, 0.3) is 22.3 Å². The third-order valence-corrected chi connectivity index (χ3v) is 9.55. The van der Waals surface area contributed by atoms with Gasteiger partial charge in [0.15, 0.2) is 0 Å². The van der Waals surface area contributed by atoms with E-state index in [1.807, 2.05) is 84.9 Å². The molecule has 0 saturated heterocycles. The number of sulfonamides is 1. The summed E-state index contributed by atoms with van der Waals surface area (Å²) in [5, 5.41) is 12.8. The molecule has 5 rings (SSSR count). The van der Waals surface area contributed by atoms with Crippen LogP contribution in [-0.4, -0.2) is 38.0 Å². The summed E-state index contributed by atoms with van der Waals surface area (Å²) in [4.78, 5) is 25.9. The predicted molar refractivity (Wildman–Crippen MR) is 178 cm³/mol. The molecule has 5 aromatic carbocycles. The minimum absolute atomic E-state index is 0.0147. The number of rotatable bonds is 11. The molecule has 9 heteroatoms. The minimum atomic E-state index is -4.10.